The van der Waals surface area contributed by atoms with E-state index in [-0.39, 0.29) is 28.3 Å². The number of aromatic nitrogens is 3. The summed E-state index contributed by atoms with van der Waals surface area (Å²) in [7, 11) is 0. The first-order valence-corrected chi connectivity index (χ1v) is 13.8. The number of carbonyl (C=O) groups excluding carboxylic acids is 1. The standard InChI is InChI=1S/C27H23F3N6OS2/c1-26(2)10-19-22(20(37)11-26)21(16-6-4-8-33-13-16)18(12-31)23(32)36(19)24-34-35-25(39-24)38-14-15-5-3-7-17(9-15)27(28,29)30/h3-9,13,21H,10-11,14,32H2,1-2H3/t21-/m0/s1. The Morgan fingerprint density at radius 3 is 2.72 bits per heavy atom. The summed E-state index contributed by atoms with van der Waals surface area (Å²) < 4.78 is 39.8. The van der Waals surface area contributed by atoms with E-state index in [0.717, 1.165) is 12.1 Å². The van der Waals surface area contributed by atoms with Crippen LogP contribution in [-0.2, 0) is 16.7 Å². The first kappa shape index (κ1) is 26.9. The highest BCUT2D eigenvalue weighted by Crippen LogP contribution is 2.50. The molecular formula is C27H23F3N6OS2. The van der Waals surface area contributed by atoms with Crippen molar-refractivity contribution in [3.05, 3.63) is 88.1 Å². The highest BCUT2D eigenvalue weighted by molar-refractivity contribution is 8.00. The fraction of sp³-hybridized carbons (Fsp3) is 0.296. The Kier molecular flexibility index (Phi) is 6.99. The van der Waals surface area contributed by atoms with Gasteiger partial charge in [-0.25, -0.2) is 0 Å². The molecule has 0 saturated heterocycles. The monoisotopic (exact) mass is 568 g/mol. The van der Waals surface area contributed by atoms with Crippen LogP contribution in [0.5, 0.6) is 0 Å². The summed E-state index contributed by atoms with van der Waals surface area (Å²) in [6.07, 6.45) is -0.314. The van der Waals surface area contributed by atoms with Crippen LogP contribution in [0.2, 0.25) is 0 Å². The molecule has 0 radical (unpaired) electrons. The molecule has 2 N–H and O–H groups in total. The van der Waals surface area contributed by atoms with Crippen LogP contribution < -0.4 is 10.6 Å². The van der Waals surface area contributed by atoms with Gasteiger partial charge < -0.3 is 5.73 Å². The van der Waals surface area contributed by atoms with Crippen molar-refractivity contribution < 1.29 is 18.0 Å². The molecule has 0 unspecified atom stereocenters. The molecule has 1 atom stereocenters. The highest BCUT2D eigenvalue weighted by Gasteiger charge is 2.45. The van der Waals surface area contributed by atoms with Gasteiger partial charge in [0.15, 0.2) is 10.1 Å². The number of hydrogen-bond acceptors (Lipinski definition) is 9. The van der Waals surface area contributed by atoms with E-state index in [4.69, 9.17) is 5.73 Å². The molecule has 0 amide bonds. The van der Waals surface area contributed by atoms with Crippen LogP contribution in [0.15, 0.2) is 75.8 Å². The van der Waals surface area contributed by atoms with E-state index < -0.39 is 17.7 Å². The van der Waals surface area contributed by atoms with Crippen molar-refractivity contribution in [2.24, 2.45) is 11.1 Å². The smallest absolute Gasteiger partial charge is 0.384 e. The third-order valence-corrected chi connectivity index (χ3v) is 8.72. The quantitative estimate of drug-likeness (QED) is 0.363. The fourth-order valence-electron chi connectivity index (χ4n) is 4.94. The molecule has 1 aliphatic heterocycles. The number of nitrogens with two attached hydrogens (primary N) is 1. The summed E-state index contributed by atoms with van der Waals surface area (Å²) in [5.41, 5.74) is 8.16. The molecule has 0 fully saturated rings. The van der Waals surface area contributed by atoms with Crippen LogP contribution in [0.3, 0.4) is 0 Å². The topological polar surface area (TPSA) is 109 Å². The minimum absolute atomic E-state index is 0.0657. The zero-order chi connectivity index (χ0) is 27.9. The van der Waals surface area contributed by atoms with E-state index in [0.29, 0.717) is 44.7 Å². The number of alkyl halides is 3. The lowest BCUT2D eigenvalue weighted by molar-refractivity contribution is -0.137. The third-order valence-electron chi connectivity index (χ3n) is 6.60. The zero-order valence-corrected chi connectivity index (χ0v) is 22.6. The van der Waals surface area contributed by atoms with Crippen LogP contribution >= 0.6 is 23.1 Å². The lowest BCUT2D eigenvalue weighted by Crippen LogP contribution is -2.42. The molecule has 2 aromatic heterocycles. The van der Waals surface area contributed by atoms with E-state index in [9.17, 15) is 23.2 Å². The Balaban J connectivity index is 1.51. The van der Waals surface area contributed by atoms with Crippen LogP contribution in [-0.4, -0.2) is 21.0 Å². The molecule has 2 aliphatic rings. The largest absolute Gasteiger partial charge is 0.416 e. The summed E-state index contributed by atoms with van der Waals surface area (Å²) in [5, 5.41) is 19.1. The number of thioether (sulfide) groups is 1. The number of benzene rings is 1. The molecule has 1 aromatic carbocycles. The van der Waals surface area contributed by atoms with Gasteiger partial charge in [0, 0.05) is 35.8 Å². The van der Waals surface area contributed by atoms with Crippen LogP contribution in [0.4, 0.5) is 18.3 Å². The summed E-state index contributed by atoms with van der Waals surface area (Å²) in [6.45, 7) is 4.00. The van der Waals surface area contributed by atoms with Gasteiger partial charge in [-0.3, -0.25) is 14.7 Å². The second kappa shape index (κ2) is 10.1. The Bertz CT molecular complexity index is 1540. The van der Waals surface area contributed by atoms with Gasteiger partial charge in [0.1, 0.15) is 5.82 Å². The summed E-state index contributed by atoms with van der Waals surface area (Å²) in [4.78, 5) is 19.4. The minimum atomic E-state index is -4.42. The van der Waals surface area contributed by atoms with Crippen molar-refractivity contribution in [3.8, 4) is 6.07 Å². The minimum Gasteiger partial charge on any atom is -0.384 e. The number of halogens is 3. The maximum atomic E-state index is 13.5. The Hall–Kier alpha value is -3.69. The SMILES string of the molecule is CC1(C)CC(=O)C2=C(C1)N(c1nnc(SCc3cccc(C(F)(F)F)c3)s1)C(N)=C(C#N)[C@@H]2c1cccnc1. The number of carbonyl (C=O) groups is 1. The Labute approximate surface area is 231 Å². The summed E-state index contributed by atoms with van der Waals surface area (Å²) in [5.74, 6) is -0.276. The number of hydrogen-bond donors (Lipinski definition) is 1. The lowest BCUT2D eigenvalue weighted by atomic mass is 9.69. The van der Waals surface area contributed by atoms with Gasteiger partial charge in [0.05, 0.1) is 23.1 Å². The summed E-state index contributed by atoms with van der Waals surface area (Å²) >= 11 is 2.45. The fourth-order valence-corrected chi connectivity index (χ4v) is 6.76. The van der Waals surface area contributed by atoms with Crippen molar-refractivity contribution in [1.82, 2.24) is 15.2 Å². The summed E-state index contributed by atoms with van der Waals surface area (Å²) in [6, 6.07) is 10.9. The van der Waals surface area contributed by atoms with Crippen LogP contribution in [0, 0.1) is 16.7 Å². The average molecular weight is 569 g/mol. The molecule has 12 heteroatoms. The number of pyridine rings is 1. The Morgan fingerprint density at radius 2 is 2.03 bits per heavy atom. The maximum absolute atomic E-state index is 13.5. The van der Waals surface area contributed by atoms with Crippen molar-refractivity contribution in [2.45, 2.75) is 48.9 Å². The molecule has 1 aliphatic carbocycles. The first-order chi connectivity index (χ1) is 18.5. The predicted molar refractivity (Wildman–Crippen MR) is 142 cm³/mol. The molecular weight excluding hydrogens is 545 g/mol. The number of ketones is 1. The van der Waals surface area contributed by atoms with Gasteiger partial charge in [0.25, 0.3) is 0 Å². The van der Waals surface area contributed by atoms with E-state index in [2.05, 4.69) is 21.3 Å². The van der Waals surface area contributed by atoms with Gasteiger partial charge in [-0.1, -0.05) is 61.2 Å². The second-order valence-corrected chi connectivity index (χ2v) is 12.3. The highest BCUT2D eigenvalue weighted by atomic mass is 32.2. The van der Waals surface area contributed by atoms with Gasteiger partial charge in [-0.15, -0.1) is 10.2 Å². The molecule has 200 valence electrons. The molecule has 0 saturated carbocycles. The molecule has 7 nitrogen and oxygen atoms in total. The second-order valence-electron chi connectivity index (χ2n) is 10.1. The maximum Gasteiger partial charge on any atom is 0.416 e. The first-order valence-electron chi connectivity index (χ1n) is 12.0. The molecule has 39 heavy (non-hydrogen) atoms. The van der Waals surface area contributed by atoms with Gasteiger partial charge >= 0.3 is 6.18 Å². The van der Waals surface area contributed by atoms with Crippen LogP contribution in [0.25, 0.3) is 0 Å². The van der Waals surface area contributed by atoms with E-state index in [1.807, 2.05) is 19.9 Å². The molecule has 3 heterocycles. The zero-order valence-electron chi connectivity index (χ0n) is 21.0. The Morgan fingerprint density at radius 1 is 1.23 bits per heavy atom. The lowest BCUT2D eigenvalue weighted by Gasteiger charge is -2.42. The number of nitrogens with zero attached hydrogens (tertiary/aromatic N) is 5. The number of anilines is 1. The van der Waals surface area contributed by atoms with Crippen molar-refractivity contribution >= 4 is 34.0 Å². The average Bonchev–Trinajstić information content (AvgIpc) is 3.34. The predicted octanol–water partition coefficient (Wildman–Crippen LogP) is 6.19. The van der Waals surface area contributed by atoms with Gasteiger partial charge in [-0.05, 0) is 35.1 Å². The molecule has 0 spiro atoms. The molecule has 3 aromatic rings. The molecule has 0 bridgehead atoms. The normalized spacial score (nSPS) is 19.2. The molecule has 5 rings (SSSR count). The number of allylic oxidation sites excluding steroid dienone is 3. The third kappa shape index (κ3) is 5.29. The van der Waals surface area contributed by atoms with E-state index in [1.54, 1.807) is 29.4 Å². The van der Waals surface area contributed by atoms with Crippen molar-refractivity contribution in [3.63, 3.8) is 0 Å². The van der Waals surface area contributed by atoms with Crippen molar-refractivity contribution in [1.29, 1.82) is 5.26 Å². The van der Waals surface area contributed by atoms with E-state index in [1.165, 1.54) is 29.2 Å². The van der Waals surface area contributed by atoms with Gasteiger partial charge in [-0.2, -0.15) is 18.4 Å². The van der Waals surface area contributed by atoms with Gasteiger partial charge in [0.2, 0.25) is 5.13 Å². The van der Waals surface area contributed by atoms with Crippen LogP contribution in [0.1, 0.15) is 49.3 Å². The number of nitriles is 1. The van der Waals surface area contributed by atoms with Crippen molar-refractivity contribution in [2.75, 3.05) is 4.90 Å². The van der Waals surface area contributed by atoms with E-state index >= 15 is 0 Å². The number of rotatable bonds is 5. The number of Topliss-reactive ketones (excluding diaryl/α,β-unsaturated/α-hetero) is 1.